The first-order chi connectivity index (χ1) is 12.7. The zero-order valence-corrected chi connectivity index (χ0v) is 19.3. The average Bonchev–Trinajstić information content (AvgIpc) is 2.58. The minimum atomic E-state index is -0.342. The Morgan fingerprint density at radius 2 is 1.33 bits per heavy atom. The molecule has 0 aliphatic carbocycles. The maximum Gasteiger partial charge on any atom is 0.138 e. The summed E-state index contributed by atoms with van der Waals surface area (Å²) in [6.45, 7) is 9.42. The maximum absolute atomic E-state index is 6.07. The number of pyridine rings is 2. The van der Waals surface area contributed by atoms with Crippen molar-refractivity contribution < 1.29 is 14.2 Å². The van der Waals surface area contributed by atoms with Gasteiger partial charge in [0.1, 0.15) is 26.3 Å². The van der Waals surface area contributed by atoms with E-state index in [0.29, 0.717) is 13.2 Å². The second-order valence-electron chi connectivity index (χ2n) is 7.45. The van der Waals surface area contributed by atoms with Crippen LogP contribution in [0.25, 0.3) is 0 Å². The van der Waals surface area contributed by atoms with Gasteiger partial charge in [-0.1, -0.05) is 0 Å². The van der Waals surface area contributed by atoms with Crippen LogP contribution in [0.4, 0.5) is 0 Å². The van der Waals surface area contributed by atoms with E-state index in [1.807, 2.05) is 24.3 Å². The van der Waals surface area contributed by atoms with Gasteiger partial charge in [-0.3, -0.25) is 0 Å². The second-order valence-corrected chi connectivity index (χ2v) is 9.08. The van der Waals surface area contributed by atoms with Crippen LogP contribution in [0.5, 0.6) is 11.5 Å². The Balaban J connectivity index is 1.71. The minimum absolute atomic E-state index is 0.280. The Kier molecular flexibility index (Phi) is 8.06. The smallest absolute Gasteiger partial charge is 0.138 e. The van der Waals surface area contributed by atoms with Gasteiger partial charge in [-0.25, -0.2) is 9.97 Å². The van der Waals surface area contributed by atoms with Gasteiger partial charge < -0.3 is 14.2 Å². The molecule has 0 saturated carbocycles. The molecule has 2 aromatic heterocycles. The highest BCUT2D eigenvalue weighted by molar-refractivity contribution is 9.10. The van der Waals surface area contributed by atoms with E-state index >= 15 is 0 Å². The van der Waals surface area contributed by atoms with Gasteiger partial charge in [0.2, 0.25) is 0 Å². The Labute approximate surface area is 178 Å². The van der Waals surface area contributed by atoms with Crippen LogP contribution in [0.15, 0.2) is 45.9 Å². The van der Waals surface area contributed by atoms with E-state index in [4.69, 9.17) is 14.2 Å². The molecule has 0 amide bonds. The molecular weight excluding hydrogens is 476 g/mol. The molecule has 0 aliphatic heterocycles. The summed E-state index contributed by atoms with van der Waals surface area (Å²) in [5.41, 5.74) is -0.622. The topological polar surface area (TPSA) is 53.5 Å². The Morgan fingerprint density at radius 3 is 1.89 bits per heavy atom. The van der Waals surface area contributed by atoms with E-state index in [1.165, 1.54) is 0 Å². The normalized spacial score (nSPS) is 12.1. The van der Waals surface area contributed by atoms with Crippen LogP contribution in [-0.2, 0) is 4.74 Å². The molecule has 0 unspecified atom stereocenters. The molecule has 0 aliphatic rings. The maximum atomic E-state index is 6.07. The van der Waals surface area contributed by atoms with Crippen LogP contribution in [0.2, 0.25) is 0 Å². The molecule has 0 spiro atoms. The van der Waals surface area contributed by atoms with Crippen LogP contribution in [0, 0.1) is 0 Å². The first-order valence-corrected chi connectivity index (χ1v) is 10.4. The number of ether oxygens (including phenoxy) is 3. The fraction of sp³-hybridized carbons (Fsp3) is 0.500. The molecule has 27 heavy (non-hydrogen) atoms. The third-order valence-corrected chi connectivity index (χ3v) is 4.90. The second kappa shape index (κ2) is 9.85. The molecule has 0 atom stereocenters. The zero-order valence-electron chi connectivity index (χ0n) is 16.2. The third kappa shape index (κ3) is 8.58. The van der Waals surface area contributed by atoms with Crippen molar-refractivity contribution in [2.45, 2.75) is 51.7 Å². The van der Waals surface area contributed by atoms with E-state index in [1.54, 1.807) is 12.4 Å². The summed E-state index contributed by atoms with van der Waals surface area (Å²) in [6, 6.07) is 7.52. The molecule has 0 fully saturated rings. The lowest BCUT2D eigenvalue weighted by Crippen LogP contribution is -2.33. The van der Waals surface area contributed by atoms with Crippen molar-refractivity contribution in [2.24, 2.45) is 0 Å². The van der Waals surface area contributed by atoms with Gasteiger partial charge in [0.25, 0.3) is 0 Å². The highest BCUT2D eigenvalue weighted by atomic mass is 79.9. The molecular formula is C20H26Br2N2O3. The predicted octanol–water partition coefficient (Wildman–Crippen LogP) is 5.81. The fourth-order valence-corrected chi connectivity index (χ4v) is 2.77. The Bertz CT molecular complexity index is 704. The highest BCUT2D eigenvalue weighted by Gasteiger charge is 2.24. The number of aromatic nitrogens is 2. The van der Waals surface area contributed by atoms with Crippen LogP contribution < -0.4 is 9.47 Å². The molecule has 0 radical (unpaired) electrons. The van der Waals surface area contributed by atoms with E-state index in [2.05, 4.69) is 69.5 Å². The molecule has 0 bridgehead atoms. The quantitative estimate of drug-likeness (QED) is 0.384. The SMILES string of the molecule is CC(C)(CCOc1ccc(Br)nc1)OCCC(C)(C)Oc1ccc(Br)nc1. The van der Waals surface area contributed by atoms with Crippen molar-refractivity contribution in [1.29, 1.82) is 0 Å². The number of halogens is 2. The lowest BCUT2D eigenvalue weighted by Gasteiger charge is -2.30. The lowest BCUT2D eigenvalue weighted by atomic mass is 10.0. The van der Waals surface area contributed by atoms with E-state index in [9.17, 15) is 0 Å². The number of nitrogens with zero attached hydrogens (tertiary/aromatic N) is 2. The van der Waals surface area contributed by atoms with Gasteiger partial charge in [-0.15, -0.1) is 0 Å². The molecule has 0 aromatic carbocycles. The van der Waals surface area contributed by atoms with Crippen molar-refractivity contribution in [1.82, 2.24) is 9.97 Å². The van der Waals surface area contributed by atoms with E-state index < -0.39 is 0 Å². The molecule has 5 nitrogen and oxygen atoms in total. The van der Waals surface area contributed by atoms with Gasteiger partial charge in [0, 0.05) is 12.8 Å². The molecule has 7 heteroatoms. The summed E-state index contributed by atoms with van der Waals surface area (Å²) >= 11 is 6.64. The van der Waals surface area contributed by atoms with Gasteiger partial charge >= 0.3 is 0 Å². The van der Waals surface area contributed by atoms with E-state index in [0.717, 1.165) is 33.5 Å². The van der Waals surface area contributed by atoms with E-state index in [-0.39, 0.29) is 11.2 Å². The van der Waals surface area contributed by atoms with Crippen molar-refractivity contribution >= 4 is 31.9 Å². The van der Waals surface area contributed by atoms with Crippen molar-refractivity contribution in [3.05, 3.63) is 45.9 Å². The largest absolute Gasteiger partial charge is 0.492 e. The monoisotopic (exact) mass is 500 g/mol. The van der Waals surface area contributed by atoms with Crippen molar-refractivity contribution in [3.63, 3.8) is 0 Å². The summed E-state index contributed by atoms with van der Waals surface area (Å²) in [5.74, 6) is 1.51. The lowest BCUT2D eigenvalue weighted by molar-refractivity contribution is -0.0502. The summed E-state index contributed by atoms with van der Waals surface area (Å²) in [7, 11) is 0. The standard InChI is InChI=1S/C20H26Br2N2O3/c1-19(2,9-11-25-15-5-7-17(21)23-13-15)26-12-10-20(3,4)27-16-6-8-18(22)24-14-16/h5-8,13-14H,9-12H2,1-4H3. The summed E-state index contributed by atoms with van der Waals surface area (Å²) in [4.78, 5) is 8.34. The fourth-order valence-electron chi connectivity index (χ4n) is 2.30. The highest BCUT2D eigenvalue weighted by Crippen LogP contribution is 2.23. The average molecular weight is 502 g/mol. The molecule has 148 valence electrons. The molecule has 2 heterocycles. The van der Waals surface area contributed by atoms with Gasteiger partial charge in [0.15, 0.2) is 0 Å². The Hall–Kier alpha value is -1.18. The minimum Gasteiger partial charge on any atom is -0.492 e. The van der Waals surface area contributed by atoms with Gasteiger partial charge in [-0.05, 0) is 83.8 Å². The third-order valence-electron chi connectivity index (χ3n) is 3.96. The predicted molar refractivity (Wildman–Crippen MR) is 113 cm³/mol. The number of hydrogen-bond acceptors (Lipinski definition) is 5. The first-order valence-electron chi connectivity index (χ1n) is 8.84. The summed E-state index contributed by atoms with van der Waals surface area (Å²) < 4.78 is 19.4. The molecule has 2 aromatic rings. The van der Waals surface area contributed by atoms with Crippen LogP contribution in [0.3, 0.4) is 0 Å². The molecule has 0 N–H and O–H groups in total. The number of rotatable bonds is 10. The van der Waals surface area contributed by atoms with Crippen LogP contribution >= 0.6 is 31.9 Å². The summed E-state index contributed by atoms with van der Waals surface area (Å²) in [5, 5.41) is 0. The van der Waals surface area contributed by atoms with Crippen molar-refractivity contribution in [3.8, 4) is 11.5 Å². The van der Waals surface area contributed by atoms with Crippen LogP contribution in [0.1, 0.15) is 40.5 Å². The number of hydrogen-bond donors (Lipinski definition) is 0. The van der Waals surface area contributed by atoms with Gasteiger partial charge in [-0.2, -0.15) is 0 Å². The molecule has 0 saturated heterocycles. The van der Waals surface area contributed by atoms with Crippen LogP contribution in [-0.4, -0.2) is 34.4 Å². The Morgan fingerprint density at radius 1 is 0.778 bits per heavy atom. The first kappa shape index (κ1) is 22.1. The van der Waals surface area contributed by atoms with Gasteiger partial charge in [0.05, 0.1) is 31.2 Å². The molecule has 2 rings (SSSR count). The summed E-state index contributed by atoms with van der Waals surface area (Å²) in [6.07, 6.45) is 4.96. The zero-order chi connectivity index (χ0) is 19.9. The van der Waals surface area contributed by atoms with Crippen molar-refractivity contribution in [2.75, 3.05) is 13.2 Å².